The van der Waals surface area contributed by atoms with Crippen molar-refractivity contribution >= 4 is 49.3 Å². The SMILES string of the molecule is COc1cccc(C2C(C(=O)c3cc4cccc(OC)c4o3)=C(O)C(=O)N2c2nc3ccc(F)cc3s2)c1. The van der Waals surface area contributed by atoms with Crippen LogP contribution >= 0.6 is 11.3 Å². The van der Waals surface area contributed by atoms with Crippen molar-refractivity contribution in [3.63, 3.8) is 0 Å². The van der Waals surface area contributed by atoms with E-state index in [9.17, 15) is 19.1 Å². The number of aromatic nitrogens is 1. The number of aliphatic hydroxyl groups excluding tert-OH is 1. The maximum Gasteiger partial charge on any atom is 0.296 e. The van der Waals surface area contributed by atoms with E-state index in [1.54, 1.807) is 42.5 Å². The Hall–Kier alpha value is -4.70. The molecule has 1 N–H and O–H groups in total. The lowest BCUT2D eigenvalue weighted by molar-refractivity contribution is -0.117. The zero-order valence-corrected chi connectivity index (χ0v) is 20.9. The first kappa shape index (κ1) is 23.7. The Kier molecular flexibility index (Phi) is 5.61. The Labute approximate surface area is 219 Å². The van der Waals surface area contributed by atoms with Crippen LogP contribution in [0.2, 0.25) is 0 Å². The normalized spacial score (nSPS) is 15.6. The molecule has 1 amide bonds. The second-order valence-electron chi connectivity index (χ2n) is 8.54. The molecule has 0 saturated carbocycles. The maximum atomic E-state index is 13.9. The fourth-order valence-electron chi connectivity index (χ4n) is 4.59. The fraction of sp³-hybridized carbons (Fsp3) is 0.107. The predicted octanol–water partition coefficient (Wildman–Crippen LogP) is 5.98. The molecule has 0 spiro atoms. The van der Waals surface area contributed by atoms with E-state index in [0.717, 1.165) is 11.3 Å². The van der Waals surface area contributed by atoms with Gasteiger partial charge in [-0.1, -0.05) is 35.6 Å². The van der Waals surface area contributed by atoms with E-state index in [0.29, 0.717) is 38.2 Å². The van der Waals surface area contributed by atoms with Gasteiger partial charge in [-0.15, -0.1) is 0 Å². The van der Waals surface area contributed by atoms with E-state index < -0.39 is 29.3 Å². The van der Waals surface area contributed by atoms with Crippen LogP contribution in [0.15, 0.2) is 82.5 Å². The number of furan rings is 1. The highest BCUT2D eigenvalue weighted by molar-refractivity contribution is 7.22. The van der Waals surface area contributed by atoms with Gasteiger partial charge in [-0.05, 0) is 48.0 Å². The minimum atomic E-state index is -1.05. The number of rotatable bonds is 6. The highest BCUT2D eigenvalue weighted by Gasteiger charge is 2.46. The number of nitrogens with zero attached hydrogens (tertiary/aromatic N) is 2. The largest absolute Gasteiger partial charge is 0.503 e. The van der Waals surface area contributed by atoms with Gasteiger partial charge in [-0.25, -0.2) is 9.37 Å². The number of Topliss-reactive ketones (excluding diaryl/α,β-unsaturated/α-hetero) is 1. The summed E-state index contributed by atoms with van der Waals surface area (Å²) in [6.07, 6.45) is 0. The van der Waals surface area contributed by atoms with Gasteiger partial charge in [0.25, 0.3) is 5.91 Å². The molecule has 1 aliphatic heterocycles. The number of carbonyl (C=O) groups excluding carboxylic acids is 2. The molecular weight excluding hydrogens is 511 g/mol. The van der Waals surface area contributed by atoms with Crippen molar-refractivity contribution in [1.29, 1.82) is 0 Å². The predicted molar refractivity (Wildman–Crippen MR) is 140 cm³/mol. The quantitative estimate of drug-likeness (QED) is 0.269. The standard InChI is InChI=1S/C28H19FN2O6S/c1-35-17-7-3-5-14(11-17)23-22(24(32)20-12-15-6-4-8-19(36-2)26(15)37-20)25(33)27(34)31(23)28-30-18-10-9-16(29)13-21(18)38-28/h3-13,23,33H,1-2H3. The zero-order valence-electron chi connectivity index (χ0n) is 20.1. The van der Waals surface area contributed by atoms with Crippen molar-refractivity contribution in [3.8, 4) is 11.5 Å². The highest BCUT2D eigenvalue weighted by atomic mass is 32.1. The molecule has 0 fully saturated rings. The summed E-state index contributed by atoms with van der Waals surface area (Å²) in [6, 6.07) is 16.6. The summed E-state index contributed by atoms with van der Waals surface area (Å²) in [5.74, 6) is -1.78. The van der Waals surface area contributed by atoms with Gasteiger partial charge >= 0.3 is 0 Å². The van der Waals surface area contributed by atoms with Crippen LogP contribution in [0, 0.1) is 5.82 Å². The fourth-order valence-corrected chi connectivity index (χ4v) is 5.61. The molecule has 3 aromatic carbocycles. The monoisotopic (exact) mass is 530 g/mol. The Balaban J connectivity index is 1.52. The first-order valence-electron chi connectivity index (χ1n) is 11.5. The summed E-state index contributed by atoms with van der Waals surface area (Å²) >= 11 is 1.07. The lowest BCUT2D eigenvalue weighted by Gasteiger charge is -2.24. The minimum absolute atomic E-state index is 0.0695. The Morgan fingerprint density at radius 1 is 1.08 bits per heavy atom. The number of benzene rings is 3. The molecule has 38 heavy (non-hydrogen) atoms. The first-order valence-corrected chi connectivity index (χ1v) is 12.3. The van der Waals surface area contributed by atoms with Crippen molar-refractivity contribution in [2.45, 2.75) is 6.04 Å². The van der Waals surface area contributed by atoms with Gasteiger partial charge < -0.3 is 19.0 Å². The molecule has 0 aliphatic carbocycles. The van der Waals surface area contributed by atoms with Crippen LogP contribution in [0.25, 0.3) is 21.2 Å². The molecule has 8 nitrogen and oxygen atoms in total. The summed E-state index contributed by atoms with van der Waals surface area (Å²) in [5, 5.41) is 11.9. The summed E-state index contributed by atoms with van der Waals surface area (Å²) in [6.45, 7) is 0. The number of methoxy groups -OCH3 is 2. The van der Waals surface area contributed by atoms with Gasteiger partial charge in [0.15, 0.2) is 28.0 Å². The molecule has 10 heteroatoms. The van der Waals surface area contributed by atoms with Crippen LogP contribution < -0.4 is 14.4 Å². The van der Waals surface area contributed by atoms with E-state index in [1.165, 1.54) is 43.4 Å². The van der Waals surface area contributed by atoms with E-state index in [-0.39, 0.29) is 16.5 Å². The van der Waals surface area contributed by atoms with Crippen LogP contribution in [0.5, 0.6) is 11.5 Å². The third kappa shape index (κ3) is 3.69. The van der Waals surface area contributed by atoms with E-state index in [1.807, 2.05) is 0 Å². The molecule has 2 aromatic heterocycles. The number of anilines is 1. The lowest BCUT2D eigenvalue weighted by atomic mass is 9.95. The number of carbonyl (C=O) groups is 2. The van der Waals surface area contributed by atoms with Crippen molar-refractivity contribution in [3.05, 3.63) is 95.2 Å². The highest BCUT2D eigenvalue weighted by Crippen LogP contribution is 2.45. The molecular formula is C28H19FN2O6S. The van der Waals surface area contributed by atoms with Gasteiger partial charge in [-0.2, -0.15) is 0 Å². The third-order valence-corrected chi connectivity index (χ3v) is 7.38. The molecule has 1 unspecified atom stereocenters. The number of hydrogen-bond acceptors (Lipinski definition) is 8. The maximum absolute atomic E-state index is 13.9. The van der Waals surface area contributed by atoms with Gasteiger partial charge in [0.05, 0.1) is 36.1 Å². The second-order valence-corrected chi connectivity index (χ2v) is 9.55. The molecule has 5 aromatic rings. The number of aliphatic hydroxyl groups is 1. The van der Waals surface area contributed by atoms with E-state index >= 15 is 0 Å². The van der Waals surface area contributed by atoms with Crippen LogP contribution in [-0.2, 0) is 4.79 Å². The van der Waals surface area contributed by atoms with Crippen LogP contribution in [0.3, 0.4) is 0 Å². The molecule has 3 heterocycles. The van der Waals surface area contributed by atoms with Gasteiger partial charge in [0.2, 0.25) is 5.78 Å². The van der Waals surface area contributed by atoms with Crippen molar-refractivity contribution in [2.75, 3.05) is 19.1 Å². The zero-order chi connectivity index (χ0) is 26.6. The lowest BCUT2D eigenvalue weighted by Crippen LogP contribution is -2.31. The topological polar surface area (TPSA) is 102 Å². The number of ether oxygens (including phenoxy) is 2. The molecule has 1 atom stereocenters. The van der Waals surface area contributed by atoms with Gasteiger partial charge in [0.1, 0.15) is 11.6 Å². The molecule has 0 radical (unpaired) electrons. The number of thiazole rings is 1. The van der Waals surface area contributed by atoms with Gasteiger partial charge in [-0.3, -0.25) is 14.5 Å². The van der Waals surface area contributed by atoms with Crippen molar-refractivity contribution in [2.24, 2.45) is 0 Å². The molecule has 0 saturated heterocycles. The Morgan fingerprint density at radius 3 is 2.68 bits per heavy atom. The number of ketones is 1. The average Bonchev–Trinajstić information content (AvgIpc) is 3.62. The van der Waals surface area contributed by atoms with Crippen LogP contribution in [0.1, 0.15) is 22.2 Å². The Bertz CT molecular complexity index is 1790. The van der Waals surface area contributed by atoms with E-state index in [4.69, 9.17) is 13.9 Å². The van der Waals surface area contributed by atoms with Gasteiger partial charge in [0, 0.05) is 5.39 Å². The summed E-state index contributed by atoms with van der Waals surface area (Å²) in [7, 11) is 2.99. The van der Waals surface area contributed by atoms with Crippen molar-refractivity contribution < 1.29 is 33.0 Å². The number of fused-ring (bicyclic) bond motifs is 2. The molecule has 0 bridgehead atoms. The number of amides is 1. The summed E-state index contributed by atoms with van der Waals surface area (Å²) in [5.41, 5.74) is 1.17. The van der Waals surface area contributed by atoms with E-state index in [2.05, 4.69) is 4.98 Å². The van der Waals surface area contributed by atoms with Crippen molar-refractivity contribution in [1.82, 2.24) is 4.98 Å². The molecule has 1 aliphatic rings. The summed E-state index contributed by atoms with van der Waals surface area (Å²) in [4.78, 5) is 33.1. The minimum Gasteiger partial charge on any atom is -0.503 e. The number of halogens is 1. The first-order chi connectivity index (χ1) is 18.4. The number of hydrogen-bond donors (Lipinski definition) is 1. The third-order valence-electron chi connectivity index (χ3n) is 6.36. The molecule has 190 valence electrons. The van der Waals surface area contributed by atoms with Crippen LogP contribution in [0.4, 0.5) is 9.52 Å². The van der Waals surface area contributed by atoms with Crippen LogP contribution in [-0.4, -0.2) is 36.0 Å². The summed E-state index contributed by atoms with van der Waals surface area (Å²) < 4.78 is 30.9. The molecule has 6 rings (SSSR count). The smallest absolute Gasteiger partial charge is 0.296 e. The Morgan fingerprint density at radius 2 is 1.89 bits per heavy atom. The second kappa shape index (κ2) is 9.00. The number of para-hydroxylation sites is 1. The average molecular weight is 531 g/mol.